The first-order valence-corrected chi connectivity index (χ1v) is 12.8. The summed E-state index contributed by atoms with van der Waals surface area (Å²) in [6, 6.07) is 8.28. The van der Waals surface area contributed by atoms with Crippen LogP contribution in [0.2, 0.25) is 0 Å². The fourth-order valence-corrected chi connectivity index (χ4v) is 6.18. The molecule has 1 aromatic heterocycles. The second-order valence-electron chi connectivity index (χ2n) is 8.32. The van der Waals surface area contributed by atoms with E-state index >= 15 is 0 Å². The van der Waals surface area contributed by atoms with E-state index in [1.54, 1.807) is 22.8 Å². The minimum Gasteiger partial charge on any atom is -0.495 e. The van der Waals surface area contributed by atoms with E-state index in [4.69, 9.17) is 9.47 Å². The first-order chi connectivity index (χ1) is 16.3. The lowest BCUT2D eigenvalue weighted by Gasteiger charge is -2.16. The number of methoxy groups -OCH3 is 1. The van der Waals surface area contributed by atoms with Gasteiger partial charge in [0.1, 0.15) is 16.4 Å². The van der Waals surface area contributed by atoms with Gasteiger partial charge in [-0.1, -0.05) is 25.7 Å². The molecule has 0 atom stereocenters. The van der Waals surface area contributed by atoms with Crippen molar-refractivity contribution in [3.05, 3.63) is 52.4 Å². The lowest BCUT2D eigenvalue weighted by molar-refractivity contribution is 0.0696. The molecule has 1 fully saturated rings. The van der Waals surface area contributed by atoms with E-state index in [-0.39, 0.29) is 27.8 Å². The molecule has 1 heterocycles. The summed E-state index contributed by atoms with van der Waals surface area (Å²) < 4.78 is 40.8. The van der Waals surface area contributed by atoms with Crippen molar-refractivity contribution in [1.29, 1.82) is 0 Å². The second kappa shape index (κ2) is 9.54. The Morgan fingerprint density at radius 3 is 2.38 bits per heavy atom. The highest BCUT2D eigenvalue weighted by Crippen LogP contribution is 2.33. The van der Waals surface area contributed by atoms with Gasteiger partial charge in [-0.3, -0.25) is 4.57 Å². The number of imidazole rings is 1. The van der Waals surface area contributed by atoms with Gasteiger partial charge in [0.25, 0.3) is 10.0 Å². The number of fused-ring (bicyclic) bond motifs is 1. The molecular weight excluding hydrogens is 460 g/mol. The summed E-state index contributed by atoms with van der Waals surface area (Å²) in [7, 11) is -3.15. The number of carbonyl (C=O) groups is 1. The zero-order chi connectivity index (χ0) is 24.5. The summed E-state index contributed by atoms with van der Waals surface area (Å²) in [5, 5.41) is 9.27. The molecule has 0 bridgehead atoms. The maximum Gasteiger partial charge on any atom is 0.343 e. The molecule has 0 unspecified atom stereocenters. The van der Waals surface area contributed by atoms with Crippen LogP contribution in [0.4, 0.5) is 0 Å². The average molecular weight is 489 g/mol. The van der Waals surface area contributed by atoms with Crippen molar-refractivity contribution in [1.82, 2.24) is 8.54 Å². The van der Waals surface area contributed by atoms with E-state index in [1.807, 2.05) is 6.92 Å². The van der Waals surface area contributed by atoms with Crippen molar-refractivity contribution in [3.8, 4) is 11.5 Å². The van der Waals surface area contributed by atoms with Gasteiger partial charge in [0.15, 0.2) is 0 Å². The van der Waals surface area contributed by atoms with Crippen LogP contribution in [0.5, 0.6) is 11.5 Å². The van der Waals surface area contributed by atoms with E-state index < -0.39 is 21.7 Å². The summed E-state index contributed by atoms with van der Waals surface area (Å²) in [6.07, 6.45) is 5.67. The van der Waals surface area contributed by atoms with Crippen molar-refractivity contribution < 1.29 is 27.8 Å². The molecule has 10 heteroatoms. The van der Waals surface area contributed by atoms with Gasteiger partial charge in [-0.25, -0.2) is 18.0 Å². The topological polar surface area (TPSA) is 117 Å². The molecule has 2 aromatic carbocycles. The highest BCUT2D eigenvalue weighted by molar-refractivity contribution is 7.90. The van der Waals surface area contributed by atoms with Crippen molar-refractivity contribution in [2.45, 2.75) is 56.4 Å². The molecular formula is C24H28N2O7S. The smallest absolute Gasteiger partial charge is 0.343 e. The van der Waals surface area contributed by atoms with Gasteiger partial charge in [0.05, 0.1) is 30.3 Å². The highest BCUT2D eigenvalue weighted by Gasteiger charge is 2.31. The van der Waals surface area contributed by atoms with E-state index in [1.165, 1.54) is 13.2 Å². The predicted octanol–water partition coefficient (Wildman–Crippen LogP) is 4.04. The normalized spacial score (nSPS) is 15.2. The SMILES string of the molecule is CCOc1ccc2c(c1)n(C1CCCCCC1)c(=O)n2S(=O)(=O)c1ccc(C(=O)O)cc1OC. The maximum atomic E-state index is 13.8. The number of benzene rings is 2. The van der Waals surface area contributed by atoms with Crippen LogP contribution in [0.15, 0.2) is 46.1 Å². The van der Waals surface area contributed by atoms with E-state index in [0.29, 0.717) is 17.9 Å². The molecule has 0 spiro atoms. The van der Waals surface area contributed by atoms with E-state index in [2.05, 4.69) is 0 Å². The van der Waals surface area contributed by atoms with Crippen LogP contribution < -0.4 is 15.2 Å². The lowest BCUT2D eigenvalue weighted by atomic mass is 10.1. The van der Waals surface area contributed by atoms with Gasteiger partial charge < -0.3 is 14.6 Å². The number of aromatic carboxylic acids is 1. The van der Waals surface area contributed by atoms with Gasteiger partial charge in [-0.05, 0) is 50.1 Å². The van der Waals surface area contributed by atoms with Crippen molar-refractivity contribution in [2.75, 3.05) is 13.7 Å². The molecule has 0 radical (unpaired) electrons. The summed E-state index contributed by atoms with van der Waals surface area (Å²) in [6.45, 7) is 2.29. The summed E-state index contributed by atoms with van der Waals surface area (Å²) >= 11 is 0. The number of carboxylic acids is 1. The monoisotopic (exact) mass is 488 g/mol. The molecule has 0 aliphatic heterocycles. The third-order valence-electron chi connectivity index (χ3n) is 6.23. The molecule has 0 saturated heterocycles. The number of aromatic nitrogens is 2. The Balaban J connectivity index is 1.98. The van der Waals surface area contributed by atoms with Gasteiger partial charge >= 0.3 is 11.7 Å². The van der Waals surface area contributed by atoms with Crippen LogP contribution in [0.3, 0.4) is 0 Å². The van der Waals surface area contributed by atoms with Crippen molar-refractivity contribution >= 4 is 27.0 Å². The Bertz CT molecular complexity index is 1380. The van der Waals surface area contributed by atoms with Crippen LogP contribution in [-0.2, 0) is 10.0 Å². The second-order valence-corrected chi connectivity index (χ2v) is 10.1. The van der Waals surface area contributed by atoms with E-state index in [0.717, 1.165) is 54.6 Å². The lowest BCUT2D eigenvalue weighted by Crippen LogP contribution is -2.31. The fourth-order valence-electron chi connectivity index (χ4n) is 4.64. The maximum absolute atomic E-state index is 13.8. The fraction of sp³-hybridized carbons (Fsp3) is 0.417. The number of rotatable bonds is 7. The Morgan fingerprint density at radius 1 is 1.06 bits per heavy atom. The molecule has 1 aliphatic carbocycles. The molecule has 1 saturated carbocycles. The van der Waals surface area contributed by atoms with Crippen LogP contribution in [-0.4, -0.2) is 41.7 Å². The molecule has 3 aromatic rings. The quantitative estimate of drug-likeness (QED) is 0.499. The minimum absolute atomic E-state index is 0.120. The summed E-state index contributed by atoms with van der Waals surface area (Å²) in [5.41, 5.74) is -0.0417. The molecule has 9 nitrogen and oxygen atoms in total. The average Bonchev–Trinajstić information content (AvgIpc) is 2.95. The largest absolute Gasteiger partial charge is 0.495 e. The molecule has 0 amide bonds. The molecule has 1 N–H and O–H groups in total. The number of hydrogen-bond acceptors (Lipinski definition) is 6. The zero-order valence-electron chi connectivity index (χ0n) is 19.2. The van der Waals surface area contributed by atoms with Crippen LogP contribution >= 0.6 is 0 Å². The predicted molar refractivity (Wildman–Crippen MR) is 127 cm³/mol. The first kappa shape index (κ1) is 23.9. The summed E-state index contributed by atoms with van der Waals surface area (Å²) in [4.78, 5) is 24.8. The number of nitrogens with zero attached hydrogens (tertiary/aromatic N) is 2. The number of carboxylic acid groups (broad SMARTS) is 1. The van der Waals surface area contributed by atoms with Gasteiger partial charge in [0, 0.05) is 12.1 Å². The molecule has 34 heavy (non-hydrogen) atoms. The van der Waals surface area contributed by atoms with Gasteiger partial charge in [0.2, 0.25) is 0 Å². The third kappa shape index (κ3) is 4.18. The van der Waals surface area contributed by atoms with Crippen LogP contribution in [0.25, 0.3) is 11.0 Å². The molecule has 1 aliphatic rings. The van der Waals surface area contributed by atoms with Crippen molar-refractivity contribution in [2.24, 2.45) is 0 Å². The Hall–Kier alpha value is -3.27. The Morgan fingerprint density at radius 2 is 1.76 bits per heavy atom. The number of ether oxygens (including phenoxy) is 2. The standard InChI is InChI=1S/C24H28N2O7S/c1-3-33-18-11-12-19-20(15-18)25(17-8-6-4-5-7-9-17)24(29)26(19)34(30,31)22-13-10-16(23(27)28)14-21(22)32-2/h10-15,17H,3-9H2,1-2H3,(H,27,28). The molecule has 182 valence electrons. The minimum atomic E-state index is -4.41. The first-order valence-electron chi connectivity index (χ1n) is 11.4. The van der Waals surface area contributed by atoms with Crippen LogP contribution in [0, 0.1) is 0 Å². The summed E-state index contributed by atoms with van der Waals surface area (Å²) in [5.74, 6) is -0.809. The van der Waals surface area contributed by atoms with Gasteiger partial charge in [-0.2, -0.15) is 3.97 Å². The Labute approximate surface area is 197 Å². The number of hydrogen-bond donors (Lipinski definition) is 1. The van der Waals surface area contributed by atoms with Crippen molar-refractivity contribution in [3.63, 3.8) is 0 Å². The Kier molecular flexibility index (Phi) is 6.70. The zero-order valence-corrected chi connectivity index (χ0v) is 20.0. The molecule has 4 rings (SSSR count). The van der Waals surface area contributed by atoms with E-state index in [9.17, 15) is 23.1 Å². The highest BCUT2D eigenvalue weighted by atomic mass is 32.2. The third-order valence-corrected chi connectivity index (χ3v) is 7.96. The van der Waals surface area contributed by atoms with Crippen LogP contribution in [0.1, 0.15) is 61.8 Å². The van der Waals surface area contributed by atoms with Gasteiger partial charge in [-0.15, -0.1) is 0 Å².